The molecule has 2 atom stereocenters. The SMILES string of the molecule is CCN1CCCC(CNC(=NC)NCCC(C)c2ccc(OC)cc2)C1.I. The van der Waals surface area contributed by atoms with Crippen molar-refractivity contribution in [1.29, 1.82) is 0 Å². The van der Waals surface area contributed by atoms with E-state index in [9.17, 15) is 0 Å². The molecule has 2 N–H and O–H groups in total. The lowest BCUT2D eigenvalue weighted by molar-refractivity contribution is 0.183. The van der Waals surface area contributed by atoms with E-state index >= 15 is 0 Å². The van der Waals surface area contributed by atoms with E-state index in [1.165, 1.54) is 31.5 Å². The molecule has 0 radical (unpaired) electrons. The first-order chi connectivity index (χ1) is 12.7. The average molecular weight is 488 g/mol. The van der Waals surface area contributed by atoms with Gasteiger partial charge < -0.3 is 20.3 Å². The van der Waals surface area contributed by atoms with Crippen molar-refractivity contribution in [3.63, 3.8) is 0 Å². The number of aliphatic imine (C=N–C) groups is 1. The van der Waals surface area contributed by atoms with E-state index in [0.29, 0.717) is 5.92 Å². The maximum Gasteiger partial charge on any atom is 0.190 e. The highest BCUT2D eigenvalue weighted by Gasteiger charge is 2.18. The number of nitrogens with zero attached hydrogens (tertiary/aromatic N) is 2. The molecule has 27 heavy (non-hydrogen) atoms. The van der Waals surface area contributed by atoms with Crippen LogP contribution < -0.4 is 15.4 Å². The standard InChI is InChI=1S/C21H36N4O.HI/c1-5-25-14-6-7-18(16-25)15-24-21(22-3)23-13-12-17(2)19-8-10-20(26-4)11-9-19;/h8-11,17-18H,5-7,12-16H2,1-4H3,(H2,22,23,24);1H. The van der Waals surface area contributed by atoms with Gasteiger partial charge in [-0.2, -0.15) is 0 Å². The molecule has 2 unspecified atom stereocenters. The predicted octanol–water partition coefficient (Wildman–Crippen LogP) is 3.70. The second-order valence-electron chi connectivity index (χ2n) is 7.24. The van der Waals surface area contributed by atoms with Crippen molar-refractivity contribution in [3.8, 4) is 5.75 Å². The zero-order valence-electron chi connectivity index (χ0n) is 17.3. The van der Waals surface area contributed by atoms with Crippen LogP contribution >= 0.6 is 24.0 Å². The molecule has 0 saturated carbocycles. The highest BCUT2D eigenvalue weighted by atomic mass is 127. The lowest BCUT2D eigenvalue weighted by Gasteiger charge is -2.32. The predicted molar refractivity (Wildman–Crippen MR) is 126 cm³/mol. The second kappa shape index (κ2) is 13.2. The Kier molecular flexibility index (Phi) is 11.7. The number of methoxy groups -OCH3 is 1. The van der Waals surface area contributed by atoms with Crippen LogP contribution in [-0.4, -0.2) is 57.7 Å². The van der Waals surface area contributed by atoms with Crippen molar-refractivity contribution in [2.75, 3.05) is 46.9 Å². The molecular formula is C21H37IN4O. The van der Waals surface area contributed by atoms with Crippen molar-refractivity contribution in [2.24, 2.45) is 10.9 Å². The van der Waals surface area contributed by atoms with Crippen LogP contribution in [0.2, 0.25) is 0 Å². The molecule has 154 valence electrons. The molecule has 6 heteroatoms. The van der Waals surface area contributed by atoms with Gasteiger partial charge in [-0.05, 0) is 61.9 Å². The summed E-state index contributed by atoms with van der Waals surface area (Å²) in [6.45, 7) is 10.1. The molecule has 0 aliphatic carbocycles. The Morgan fingerprint density at radius 2 is 2.04 bits per heavy atom. The number of likely N-dealkylation sites (tertiary alicyclic amines) is 1. The number of nitrogens with one attached hydrogen (secondary N) is 2. The molecule has 2 rings (SSSR count). The van der Waals surface area contributed by atoms with Crippen LogP contribution in [0.15, 0.2) is 29.3 Å². The fourth-order valence-corrected chi connectivity index (χ4v) is 3.57. The zero-order valence-corrected chi connectivity index (χ0v) is 19.7. The van der Waals surface area contributed by atoms with Crippen LogP contribution in [0.3, 0.4) is 0 Å². The Bertz CT molecular complexity index is 550. The number of rotatable bonds is 8. The van der Waals surface area contributed by atoms with Crippen molar-refractivity contribution < 1.29 is 4.74 Å². The van der Waals surface area contributed by atoms with E-state index in [0.717, 1.165) is 43.7 Å². The van der Waals surface area contributed by atoms with Gasteiger partial charge in [-0.3, -0.25) is 4.99 Å². The maximum atomic E-state index is 5.23. The molecule has 0 spiro atoms. The van der Waals surface area contributed by atoms with E-state index in [-0.39, 0.29) is 24.0 Å². The maximum absolute atomic E-state index is 5.23. The molecule has 5 nitrogen and oxygen atoms in total. The highest BCUT2D eigenvalue weighted by molar-refractivity contribution is 14.0. The number of hydrogen-bond acceptors (Lipinski definition) is 3. The molecule has 1 aliphatic rings. The Labute approximate surface area is 182 Å². The number of benzene rings is 1. The summed E-state index contributed by atoms with van der Waals surface area (Å²) in [7, 11) is 3.55. The highest BCUT2D eigenvalue weighted by Crippen LogP contribution is 2.21. The summed E-state index contributed by atoms with van der Waals surface area (Å²) in [5, 5.41) is 6.97. The number of guanidine groups is 1. The number of piperidine rings is 1. The molecule has 1 aromatic rings. The van der Waals surface area contributed by atoms with Crippen LogP contribution in [0, 0.1) is 5.92 Å². The third kappa shape index (κ3) is 8.25. The first kappa shape index (κ1) is 24.0. The summed E-state index contributed by atoms with van der Waals surface area (Å²) in [4.78, 5) is 6.91. The average Bonchev–Trinajstić information content (AvgIpc) is 2.70. The van der Waals surface area contributed by atoms with Gasteiger partial charge in [0, 0.05) is 26.7 Å². The molecule has 0 amide bonds. The van der Waals surface area contributed by atoms with Crippen LogP contribution in [0.4, 0.5) is 0 Å². The Balaban J connectivity index is 0.00000364. The lowest BCUT2D eigenvalue weighted by Crippen LogP contribution is -2.44. The Morgan fingerprint density at radius 1 is 1.30 bits per heavy atom. The minimum absolute atomic E-state index is 0. The van der Waals surface area contributed by atoms with Crippen molar-refractivity contribution in [2.45, 2.75) is 39.0 Å². The number of halogens is 1. The Hall–Kier alpha value is -1.02. The second-order valence-corrected chi connectivity index (χ2v) is 7.24. The summed E-state index contributed by atoms with van der Waals surface area (Å²) in [5.74, 6) is 3.05. The van der Waals surface area contributed by atoms with Gasteiger partial charge in [0.2, 0.25) is 0 Å². The van der Waals surface area contributed by atoms with Gasteiger partial charge in [-0.1, -0.05) is 26.0 Å². The van der Waals surface area contributed by atoms with Crippen LogP contribution in [0.25, 0.3) is 0 Å². The summed E-state index contributed by atoms with van der Waals surface area (Å²) < 4.78 is 5.23. The fourth-order valence-electron chi connectivity index (χ4n) is 3.57. The lowest BCUT2D eigenvalue weighted by atomic mass is 9.98. The summed E-state index contributed by atoms with van der Waals surface area (Å²) >= 11 is 0. The van der Waals surface area contributed by atoms with Crippen molar-refractivity contribution in [1.82, 2.24) is 15.5 Å². The van der Waals surface area contributed by atoms with E-state index in [1.54, 1.807) is 7.11 Å². The van der Waals surface area contributed by atoms with Gasteiger partial charge >= 0.3 is 0 Å². The van der Waals surface area contributed by atoms with E-state index in [1.807, 2.05) is 19.2 Å². The number of hydrogen-bond donors (Lipinski definition) is 2. The monoisotopic (exact) mass is 488 g/mol. The van der Waals surface area contributed by atoms with Gasteiger partial charge in [-0.15, -0.1) is 24.0 Å². The third-order valence-electron chi connectivity index (χ3n) is 5.39. The minimum atomic E-state index is 0. The van der Waals surface area contributed by atoms with Crippen molar-refractivity contribution in [3.05, 3.63) is 29.8 Å². The van der Waals surface area contributed by atoms with E-state index in [4.69, 9.17) is 4.74 Å². The first-order valence-electron chi connectivity index (χ1n) is 9.97. The molecule has 1 aromatic carbocycles. The molecule has 1 heterocycles. The largest absolute Gasteiger partial charge is 0.497 e. The summed E-state index contributed by atoms with van der Waals surface area (Å²) in [5.41, 5.74) is 1.34. The first-order valence-corrected chi connectivity index (χ1v) is 9.97. The minimum Gasteiger partial charge on any atom is -0.497 e. The molecule has 0 bridgehead atoms. The molecule has 1 saturated heterocycles. The van der Waals surface area contributed by atoms with E-state index < -0.39 is 0 Å². The van der Waals surface area contributed by atoms with Gasteiger partial charge in [0.05, 0.1) is 7.11 Å². The zero-order chi connectivity index (χ0) is 18.8. The van der Waals surface area contributed by atoms with Gasteiger partial charge in [-0.25, -0.2) is 0 Å². The van der Waals surface area contributed by atoms with Gasteiger partial charge in [0.15, 0.2) is 5.96 Å². The van der Waals surface area contributed by atoms with Gasteiger partial charge in [0.1, 0.15) is 5.75 Å². The molecule has 0 aromatic heterocycles. The van der Waals surface area contributed by atoms with E-state index in [2.05, 4.69) is 46.5 Å². The Morgan fingerprint density at radius 3 is 2.67 bits per heavy atom. The quantitative estimate of drug-likeness (QED) is 0.333. The molecular weight excluding hydrogens is 451 g/mol. The van der Waals surface area contributed by atoms with Crippen LogP contribution in [-0.2, 0) is 0 Å². The molecule has 1 aliphatic heterocycles. The van der Waals surface area contributed by atoms with Gasteiger partial charge in [0.25, 0.3) is 0 Å². The topological polar surface area (TPSA) is 48.9 Å². The summed E-state index contributed by atoms with van der Waals surface area (Å²) in [6.07, 6.45) is 3.70. The third-order valence-corrected chi connectivity index (χ3v) is 5.39. The normalized spacial score (nSPS) is 19.1. The fraction of sp³-hybridized carbons (Fsp3) is 0.667. The van der Waals surface area contributed by atoms with Crippen LogP contribution in [0.1, 0.15) is 44.6 Å². The van der Waals surface area contributed by atoms with Crippen LogP contribution in [0.5, 0.6) is 5.75 Å². The molecule has 1 fully saturated rings. The van der Waals surface area contributed by atoms with Crippen molar-refractivity contribution >= 4 is 29.9 Å². The smallest absolute Gasteiger partial charge is 0.190 e. The summed E-state index contributed by atoms with van der Waals surface area (Å²) in [6, 6.07) is 8.37. The number of ether oxygens (including phenoxy) is 1.